The van der Waals surface area contributed by atoms with Gasteiger partial charge in [-0.15, -0.1) is 0 Å². The number of aromatic nitrogens is 2. The van der Waals surface area contributed by atoms with E-state index >= 15 is 0 Å². The van der Waals surface area contributed by atoms with Gasteiger partial charge in [-0.25, -0.2) is 0 Å². The first kappa shape index (κ1) is 10.7. The van der Waals surface area contributed by atoms with E-state index in [4.69, 9.17) is 0 Å². The lowest BCUT2D eigenvalue weighted by molar-refractivity contribution is 0.575. The van der Waals surface area contributed by atoms with E-state index in [1.54, 1.807) is 0 Å². The van der Waals surface area contributed by atoms with E-state index in [2.05, 4.69) is 40.2 Å². The summed E-state index contributed by atoms with van der Waals surface area (Å²) in [7, 11) is 1.97. The summed E-state index contributed by atoms with van der Waals surface area (Å²) in [4.78, 5) is 0. The van der Waals surface area contributed by atoms with Gasteiger partial charge >= 0.3 is 0 Å². The molecule has 1 heterocycles. The Kier molecular flexibility index (Phi) is 3.93. The highest BCUT2D eigenvalue weighted by atomic mass is 79.9. The summed E-state index contributed by atoms with van der Waals surface area (Å²) in [5.41, 5.74) is 1.24. The van der Waals surface area contributed by atoms with Gasteiger partial charge in [0.1, 0.15) is 0 Å². The zero-order chi connectivity index (χ0) is 9.84. The van der Waals surface area contributed by atoms with Gasteiger partial charge < -0.3 is 5.32 Å². The fourth-order valence-corrected chi connectivity index (χ4v) is 1.74. The first-order chi connectivity index (χ1) is 6.11. The lowest BCUT2D eigenvalue weighted by Gasteiger charge is -2.08. The van der Waals surface area contributed by atoms with Crippen molar-refractivity contribution in [1.82, 2.24) is 15.1 Å². The van der Waals surface area contributed by atoms with Crippen LogP contribution in [0.2, 0.25) is 0 Å². The van der Waals surface area contributed by atoms with Gasteiger partial charge in [0.05, 0.1) is 16.4 Å². The van der Waals surface area contributed by atoms with E-state index in [9.17, 15) is 0 Å². The number of halogens is 1. The molecule has 0 bridgehead atoms. The molecular formula is C9H16BrN3. The van der Waals surface area contributed by atoms with Gasteiger partial charge in [0, 0.05) is 26.1 Å². The molecule has 3 nitrogen and oxygen atoms in total. The average molecular weight is 246 g/mol. The Morgan fingerprint density at radius 1 is 1.62 bits per heavy atom. The molecule has 0 unspecified atom stereocenters. The molecule has 74 valence electrons. The third-order valence-electron chi connectivity index (χ3n) is 1.92. The van der Waals surface area contributed by atoms with Crippen LogP contribution >= 0.6 is 15.9 Å². The van der Waals surface area contributed by atoms with Crippen molar-refractivity contribution in [2.24, 2.45) is 7.05 Å². The van der Waals surface area contributed by atoms with Gasteiger partial charge in [-0.1, -0.05) is 13.8 Å². The van der Waals surface area contributed by atoms with Crippen LogP contribution in [0.4, 0.5) is 0 Å². The van der Waals surface area contributed by atoms with Crippen LogP contribution in [0.25, 0.3) is 0 Å². The second kappa shape index (κ2) is 4.77. The van der Waals surface area contributed by atoms with Crippen molar-refractivity contribution < 1.29 is 0 Å². The summed E-state index contributed by atoms with van der Waals surface area (Å²) in [6, 6.07) is 0.548. The van der Waals surface area contributed by atoms with E-state index < -0.39 is 0 Å². The van der Waals surface area contributed by atoms with Crippen molar-refractivity contribution >= 4 is 15.9 Å². The lowest BCUT2D eigenvalue weighted by atomic mass is 10.3. The Hall–Kier alpha value is -0.350. The van der Waals surface area contributed by atoms with E-state index in [1.165, 1.54) is 5.69 Å². The summed E-state index contributed by atoms with van der Waals surface area (Å²) < 4.78 is 3.01. The second-order valence-corrected chi connectivity index (χ2v) is 4.28. The smallest absolute Gasteiger partial charge is 0.0635 e. The molecular weight excluding hydrogens is 230 g/mol. The van der Waals surface area contributed by atoms with Crippen LogP contribution in [-0.4, -0.2) is 22.4 Å². The maximum atomic E-state index is 4.16. The van der Waals surface area contributed by atoms with Crippen molar-refractivity contribution in [3.8, 4) is 0 Å². The minimum absolute atomic E-state index is 0.548. The molecule has 0 saturated heterocycles. The minimum Gasteiger partial charge on any atom is -0.314 e. The summed E-state index contributed by atoms with van der Waals surface area (Å²) in [5, 5.41) is 7.53. The molecule has 0 aromatic carbocycles. The summed E-state index contributed by atoms with van der Waals surface area (Å²) in [6.45, 7) is 5.30. The number of rotatable bonds is 4. The highest BCUT2D eigenvalue weighted by Gasteiger charge is 2.04. The average Bonchev–Trinajstić information content (AvgIpc) is 2.34. The molecule has 0 spiro atoms. The molecule has 0 fully saturated rings. The molecule has 0 aliphatic rings. The van der Waals surface area contributed by atoms with Crippen molar-refractivity contribution in [1.29, 1.82) is 0 Å². The van der Waals surface area contributed by atoms with Gasteiger partial charge in [-0.05, 0) is 15.9 Å². The Morgan fingerprint density at radius 3 is 2.77 bits per heavy atom. The number of hydrogen-bond donors (Lipinski definition) is 1. The molecule has 0 amide bonds. The maximum Gasteiger partial charge on any atom is 0.0635 e. The molecule has 1 aromatic rings. The third kappa shape index (κ3) is 3.12. The summed E-state index contributed by atoms with van der Waals surface area (Å²) in [5.74, 6) is 0. The molecule has 1 aromatic heterocycles. The predicted octanol–water partition coefficient (Wildman–Crippen LogP) is 1.72. The highest BCUT2D eigenvalue weighted by molar-refractivity contribution is 9.10. The molecule has 1 N–H and O–H groups in total. The molecule has 0 saturated carbocycles. The summed E-state index contributed by atoms with van der Waals surface area (Å²) in [6.07, 6.45) is 2.85. The van der Waals surface area contributed by atoms with Crippen LogP contribution in [0, 0.1) is 0 Å². The zero-order valence-electron chi connectivity index (χ0n) is 8.34. The fourth-order valence-electron chi connectivity index (χ4n) is 1.20. The molecule has 0 aliphatic heterocycles. The fraction of sp³-hybridized carbons (Fsp3) is 0.667. The second-order valence-electron chi connectivity index (χ2n) is 3.42. The summed E-state index contributed by atoms with van der Waals surface area (Å²) >= 11 is 3.47. The minimum atomic E-state index is 0.548. The number of aryl methyl sites for hydroxylation is 1. The van der Waals surface area contributed by atoms with Crippen molar-refractivity contribution in [2.75, 3.05) is 6.54 Å². The molecule has 4 heteroatoms. The first-order valence-electron chi connectivity index (χ1n) is 4.51. The Morgan fingerprint density at radius 2 is 2.31 bits per heavy atom. The van der Waals surface area contributed by atoms with Gasteiger partial charge in [-0.3, -0.25) is 4.68 Å². The predicted molar refractivity (Wildman–Crippen MR) is 57.8 cm³/mol. The maximum absolute atomic E-state index is 4.16. The quantitative estimate of drug-likeness (QED) is 0.876. The first-order valence-corrected chi connectivity index (χ1v) is 5.30. The van der Waals surface area contributed by atoms with E-state index in [1.807, 2.05) is 17.9 Å². The Balaban J connectivity index is 2.44. The SMILES string of the molecule is CC(C)NCCc1c(Br)cnn1C. The molecule has 0 aliphatic carbocycles. The Bertz CT molecular complexity index is 248. The van der Waals surface area contributed by atoms with E-state index in [0.29, 0.717) is 6.04 Å². The van der Waals surface area contributed by atoms with Gasteiger partial charge in [0.2, 0.25) is 0 Å². The Labute approximate surface area is 87.6 Å². The number of nitrogens with one attached hydrogen (secondary N) is 1. The lowest BCUT2D eigenvalue weighted by Crippen LogP contribution is -2.25. The molecule has 0 radical (unpaired) electrons. The van der Waals surface area contributed by atoms with Gasteiger partial charge in [-0.2, -0.15) is 5.10 Å². The standard InChI is InChI=1S/C9H16BrN3/c1-7(2)11-5-4-9-8(10)6-12-13(9)3/h6-7,11H,4-5H2,1-3H3. The topological polar surface area (TPSA) is 29.9 Å². The van der Waals surface area contributed by atoms with E-state index in [-0.39, 0.29) is 0 Å². The molecule has 0 atom stereocenters. The normalized spacial score (nSPS) is 11.2. The van der Waals surface area contributed by atoms with Gasteiger partial charge in [0.15, 0.2) is 0 Å². The van der Waals surface area contributed by atoms with Crippen LogP contribution in [0.3, 0.4) is 0 Å². The third-order valence-corrected chi connectivity index (χ3v) is 2.59. The van der Waals surface area contributed by atoms with Crippen molar-refractivity contribution in [3.05, 3.63) is 16.4 Å². The highest BCUT2D eigenvalue weighted by Crippen LogP contribution is 2.14. The number of nitrogens with zero attached hydrogens (tertiary/aromatic N) is 2. The molecule has 13 heavy (non-hydrogen) atoms. The van der Waals surface area contributed by atoms with Gasteiger partial charge in [0.25, 0.3) is 0 Å². The number of hydrogen-bond acceptors (Lipinski definition) is 2. The van der Waals surface area contributed by atoms with Crippen LogP contribution in [0.5, 0.6) is 0 Å². The van der Waals surface area contributed by atoms with Crippen LogP contribution < -0.4 is 5.32 Å². The molecule has 1 rings (SSSR count). The van der Waals surface area contributed by atoms with E-state index in [0.717, 1.165) is 17.4 Å². The van der Waals surface area contributed by atoms with Crippen LogP contribution in [-0.2, 0) is 13.5 Å². The zero-order valence-corrected chi connectivity index (χ0v) is 9.93. The van der Waals surface area contributed by atoms with Crippen molar-refractivity contribution in [2.45, 2.75) is 26.3 Å². The van der Waals surface area contributed by atoms with Crippen LogP contribution in [0.1, 0.15) is 19.5 Å². The monoisotopic (exact) mass is 245 g/mol. The largest absolute Gasteiger partial charge is 0.314 e. The van der Waals surface area contributed by atoms with Crippen LogP contribution in [0.15, 0.2) is 10.7 Å². The van der Waals surface area contributed by atoms with Crippen molar-refractivity contribution in [3.63, 3.8) is 0 Å².